The highest BCUT2D eigenvalue weighted by molar-refractivity contribution is 9.10. The fourth-order valence-electron chi connectivity index (χ4n) is 1.88. The van der Waals surface area contributed by atoms with E-state index in [1.165, 1.54) is 0 Å². The van der Waals surface area contributed by atoms with Crippen LogP contribution in [0.2, 0.25) is 0 Å². The van der Waals surface area contributed by atoms with Crippen molar-refractivity contribution in [2.45, 2.75) is 26.4 Å². The minimum Gasteiger partial charge on any atom is -0.490 e. The number of imide groups is 1. The highest BCUT2D eigenvalue weighted by Gasteiger charge is 2.34. The van der Waals surface area contributed by atoms with Crippen molar-refractivity contribution in [3.63, 3.8) is 0 Å². The topological polar surface area (TPSA) is 46.6 Å². The Balaban J connectivity index is 2.21. The van der Waals surface area contributed by atoms with Crippen molar-refractivity contribution in [1.82, 2.24) is 4.90 Å². The monoisotopic (exact) mass is 393 g/mol. The summed E-state index contributed by atoms with van der Waals surface area (Å²) in [5.74, 6) is 2.71. The van der Waals surface area contributed by atoms with Gasteiger partial charge in [-0.25, -0.2) is 0 Å². The third kappa shape index (κ3) is 4.18. The van der Waals surface area contributed by atoms with Gasteiger partial charge in [0.15, 0.2) is 0 Å². The Morgan fingerprint density at radius 2 is 2.22 bits per heavy atom. The van der Waals surface area contributed by atoms with Gasteiger partial charge in [-0.2, -0.15) is 0 Å². The van der Waals surface area contributed by atoms with Crippen molar-refractivity contribution in [3.05, 3.63) is 33.1 Å². The van der Waals surface area contributed by atoms with Crippen molar-refractivity contribution in [2.24, 2.45) is 0 Å². The van der Waals surface area contributed by atoms with Crippen LogP contribution in [0.25, 0.3) is 6.08 Å². The van der Waals surface area contributed by atoms with E-state index in [4.69, 9.17) is 11.2 Å². The van der Waals surface area contributed by atoms with Crippen LogP contribution in [0.1, 0.15) is 25.8 Å². The molecule has 0 saturated carbocycles. The molecule has 120 valence electrons. The second-order valence-electron chi connectivity index (χ2n) is 5.00. The summed E-state index contributed by atoms with van der Waals surface area (Å²) in [4.78, 5) is 25.3. The number of halogens is 1. The Morgan fingerprint density at radius 3 is 2.83 bits per heavy atom. The Labute approximate surface area is 148 Å². The molecule has 0 spiro atoms. The number of ether oxygens (including phenoxy) is 1. The van der Waals surface area contributed by atoms with Crippen molar-refractivity contribution in [2.75, 3.05) is 6.54 Å². The standard InChI is InChI=1S/C17H16BrNO3S/c1-4-8-19-16(20)15(23-17(19)21)10-12-6-7-14(13(18)9-12)22-11(3)5-2/h1,6-7,9-11H,5,8H2,2-3H3/b15-10-/t11-/m0/s1. The third-order valence-electron chi connectivity index (χ3n) is 3.28. The molecule has 0 unspecified atom stereocenters. The van der Waals surface area contributed by atoms with E-state index in [1.807, 2.05) is 25.1 Å². The molecule has 0 aromatic heterocycles. The number of rotatable bonds is 5. The number of amides is 2. The summed E-state index contributed by atoms with van der Waals surface area (Å²) in [5, 5.41) is -0.338. The molecule has 1 aliphatic heterocycles. The first-order valence-corrected chi connectivity index (χ1v) is 8.72. The van der Waals surface area contributed by atoms with Crippen LogP contribution in [0.3, 0.4) is 0 Å². The lowest BCUT2D eigenvalue weighted by molar-refractivity contribution is -0.122. The highest BCUT2D eigenvalue weighted by atomic mass is 79.9. The number of hydrogen-bond acceptors (Lipinski definition) is 4. The van der Waals surface area contributed by atoms with Crippen molar-refractivity contribution < 1.29 is 14.3 Å². The van der Waals surface area contributed by atoms with Gasteiger partial charge in [0, 0.05) is 0 Å². The molecule has 1 saturated heterocycles. The zero-order valence-corrected chi connectivity index (χ0v) is 15.2. The average molecular weight is 394 g/mol. The number of carbonyl (C=O) groups is 2. The molecule has 2 amide bonds. The van der Waals surface area contributed by atoms with E-state index in [2.05, 4.69) is 28.8 Å². The van der Waals surface area contributed by atoms with Crippen LogP contribution in [-0.4, -0.2) is 28.7 Å². The van der Waals surface area contributed by atoms with Crippen LogP contribution >= 0.6 is 27.7 Å². The largest absolute Gasteiger partial charge is 0.490 e. The van der Waals surface area contributed by atoms with E-state index in [9.17, 15) is 9.59 Å². The molecule has 2 rings (SSSR count). The first kappa shape index (κ1) is 17.6. The van der Waals surface area contributed by atoms with Gasteiger partial charge >= 0.3 is 0 Å². The van der Waals surface area contributed by atoms with Gasteiger partial charge in [0.1, 0.15) is 5.75 Å². The van der Waals surface area contributed by atoms with Crippen LogP contribution in [-0.2, 0) is 4.79 Å². The molecule has 1 fully saturated rings. The number of benzene rings is 1. The van der Waals surface area contributed by atoms with Crippen molar-refractivity contribution in [1.29, 1.82) is 0 Å². The van der Waals surface area contributed by atoms with E-state index in [1.54, 1.807) is 6.08 Å². The van der Waals surface area contributed by atoms with Crippen LogP contribution in [0.5, 0.6) is 5.75 Å². The van der Waals surface area contributed by atoms with Gasteiger partial charge in [0.05, 0.1) is 22.0 Å². The van der Waals surface area contributed by atoms with E-state index in [0.717, 1.165) is 38.9 Å². The maximum atomic E-state index is 12.1. The molecule has 6 heteroatoms. The van der Waals surface area contributed by atoms with Gasteiger partial charge in [0.2, 0.25) is 0 Å². The molecule has 1 heterocycles. The van der Waals surface area contributed by atoms with Gasteiger partial charge in [-0.3, -0.25) is 14.5 Å². The second kappa shape index (κ2) is 7.71. The molecular formula is C17H16BrNO3S. The molecule has 0 radical (unpaired) electrons. The smallest absolute Gasteiger partial charge is 0.294 e. The highest BCUT2D eigenvalue weighted by Crippen LogP contribution is 2.33. The normalized spacial score (nSPS) is 17.5. The zero-order chi connectivity index (χ0) is 17.0. The van der Waals surface area contributed by atoms with Crippen LogP contribution in [0, 0.1) is 12.3 Å². The van der Waals surface area contributed by atoms with Gasteiger partial charge < -0.3 is 4.74 Å². The van der Waals surface area contributed by atoms with Gasteiger partial charge in [-0.05, 0) is 64.8 Å². The summed E-state index contributed by atoms with van der Waals surface area (Å²) in [6, 6.07) is 5.54. The summed E-state index contributed by atoms with van der Waals surface area (Å²) < 4.78 is 6.58. The van der Waals surface area contributed by atoms with Crippen LogP contribution < -0.4 is 4.74 Å². The number of carbonyl (C=O) groups excluding carboxylic acids is 2. The summed E-state index contributed by atoms with van der Waals surface area (Å²) in [7, 11) is 0. The lowest BCUT2D eigenvalue weighted by Gasteiger charge is -2.14. The number of thioether (sulfide) groups is 1. The minimum atomic E-state index is -0.353. The lowest BCUT2D eigenvalue weighted by Crippen LogP contribution is -2.28. The minimum absolute atomic E-state index is 0.00656. The predicted octanol–water partition coefficient (Wildman–Crippen LogP) is 4.30. The van der Waals surface area contributed by atoms with E-state index >= 15 is 0 Å². The third-order valence-corrected chi connectivity index (χ3v) is 4.81. The summed E-state index contributed by atoms with van der Waals surface area (Å²) in [6.45, 7) is 4.05. The van der Waals surface area contributed by atoms with E-state index < -0.39 is 0 Å². The van der Waals surface area contributed by atoms with Crippen LogP contribution in [0.4, 0.5) is 4.79 Å². The maximum Gasteiger partial charge on any atom is 0.294 e. The maximum absolute atomic E-state index is 12.1. The van der Waals surface area contributed by atoms with Crippen molar-refractivity contribution in [3.8, 4) is 18.1 Å². The molecule has 23 heavy (non-hydrogen) atoms. The molecule has 1 aromatic carbocycles. The summed E-state index contributed by atoms with van der Waals surface area (Å²) >= 11 is 4.37. The average Bonchev–Trinajstić information content (AvgIpc) is 2.78. The number of terminal acetylenes is 1. The van der Waals surface area contributed by atoms with E-state index in [0.29, 0.717) is 4.91 Å². The molecule has 1 aromatic rings. The lowest BCUT2D eigenvalue weighted by atomic mass is 10.2. The quantitative estimate of drug-likeness (QED) is 0.552. The molecule has 0 aliphatic carbocycles. The fraction of sp³-hybridized carbons (Fsp3) is 0.294. The summed E-state index contributed by atoms with van der Waals surface area (Å²) in [5.41, 5.74) is 0.805. The first-order chi connectivity index (χ1) is 11.0. The fourth-order valence-corrected chi connectivity index (χ4v) is 3.21. The predicted molar refractivity (Wildman–Crippen MR) is 96.0 cm³/mol. The Morgan fingerprint density at radius 1 is 1.48 bits per heavy atom. The molecule has 4 nitrogen and oxygen atoms in total. The zero-order valence-electron chi connectivity index (χ0n) is 12.8. The van der Waals surface area contributed by atoms with Gasteiger partial charge in [-0.1, -0.05) is 18.9 Å². The second-order valence-corrected chi connectivity index (χ2v) is 6.85. The number of nitrogens with zero attached hydrogens (tertiary/aromatic N) is 1. The summed E-state index contributed by atoms with van der Waals surface area (Å²) in [6.07, 6.45) is 7.89. The first-order valence-electron chi connectivity index (χ1n) is 7.11. The van der Waals surface area contributed by atoms with Gasteiger partial charge in [-0.15, -0.1) is 6.42 Å². The van der Waals surface area contributed by atoms with Gasteiger partial charge in [0.25, 0.3) is 11.1 Å². The molecule has 0 N–H and O–H groups in total. The molecule has 1 aliphatic rings. The van der Waals surface area contributed by atoms with Crippen LogP contribution in [0.15, 0.2) is 27.6 Å². The Kier molecular flexibility index (Phi) is 5.91. The molecule has 0 bridgehead atoms. The van der Waals surface area contributed by atoms with Crippen molar-refractivity contribution >= 4 is 44.9 Å². The Bertz CT molecular complexity index is 708. The number of hydrogen-bond donors (Lipinski definition) is 0. The van der Waals surface area contributed by atoms with E-state index in [-0.39, 0.29) is 23.8 Å². The SMILES string of the molecule is C#CCN1C(=O)S/C(=C\c2ccc(O[C@@H](C)CC)c(Br)c2)C1=O. The Hall–Kier alpha value is -1.71. The molecule has 1 atom stereocenters. The molecular weight excluding hydrogens is 378 g/mol.